The predicted molar refractivity (Wildman–Crippen MR) is 112 cm³/mol. The van der Waals surface area contributed by atoms with Gasteiger partial charge < -0.3 is 14.4 Å². The molecule has 2 fully saturated rings. The number of likely N-dealkylation sites (tertiary alicyclic amines) is 1. The number of benzene rings is 1. The van der Waals surface area contributed by atoms with Crippen molar-refractivity contribution in [2.45, 2.75) is 31.4 Å². The molecule has 1 aliphatic carbocycles. The van der Waals surface area contributed by atoms with Crippen LogP contribution in [0.25, 0.3) is 10.9 Å². The van der Waals surface area contributed by atoms with Crippen LogP contribution < -0.4 is 4.74 Å². The van der Waals surface area contributed by atoms with E-state index in [1.54, 1.807) is 13.3 Å². The maximum absolute atomic E-state index is 11.7. The summed E-state index contributed by atoms with van der Waals surface area (Å²) < 4.78 is 7.48. The van der Waals surface area contributed by atoms with Crippen molar-refractivity contribution in [1.82, 2.24) is 19.4 Å². The van der Waals surface area contributed by atoms with E-state index in [4.69, 9.17) is 9.72 Å². The highest BCUT2D eigenvalue weighted by Gasteiger charge is 2.53. The molecule has 6 heteroatoms. The smallest absolute Gasteiger partial charge is 0.145 e. The van der Waals surface area contributed by atoms with Crippen molar-refractivity contribution in [2.75, 3.05) is 20.2 Å². The number of hydrogen-bond acceptors (Lipinski definition) is 5. The molecule has 0 unspecified atom stereocenters. The topological polar surface area (TPSA) is 63.4 Å². The number of imidazole rings is 1. The number of aliphatic hydroxyl groups is 1. The Labute approximate surface area is 171 Å². The molecule has 1 saturated heterocycles. The van der Waals surface area contributed by atoms with E-state index in [0.29, 0.717) is 0 Å². The van der Waals surface area contributed by atoms with Gasteiger partial charge in [-0.3, -0.25) is 4.90 Å². The molecule has 3 heterocycles. The molecule has 2 aliphatic rings. The van der Waals surface area contributed by atoms with E-state index >= 15 is 0 Å². The number of ether oxygens (including phenoxy) is 1. The first kappa shape index (κ1) is 18.6. The number of methoxy groups -OCH3 is 1. The summed E-state index contributed by atoms with van der Waals surface area (Å²) in [5.41, 5.74) is 1.13. The molecule has 1 saturated carbocycles. The second-order valence-electron chi connectivity index (χ2n) is 8.54. The molecule has 1 N–H and O–H groups in total. The van der Waals surface area contributed by atoms with Gasteiger partial charge in [0.15, 0.2) is 0 Å². The number of aromatic nitrogens is 3. The Morgan fingerprint density at radius 2 is 1.97 bits per heavy atom. The van der Waals surface area contributed by atoms with Gasteiger partial charge in [0.25, 0.3) is 0 Å². The Hall–Kier alpha value is -2.44. The third kappa shape index (κ3) is 3.02. The van der Waals surface area contributed by atoms with Crippen LogP contribution in [-0.4, -0.2) is 44.7 Å². The molecule has 0 spiro atoms. The molecule has 2 atom stereocenters. The van der Waals surface area contributed by atoms with Gasteiger partial charge in [0, 0.05) is 56.3 Å². The molecule has 6 nitrogen and oxygen atoms in total. The van der Waals surface area contributed by atoms with Crippen LogP contribution >= 0.6 is 0 Å². The first-order chi connectivity index (χ1) is 14.1. The SMILES string of the molecule is COc1cccc2ccc(CN3C[C@H]4CCC[C@H](C3)C4(O)c3nccn3C)nc12. The van der Waals surface area contributed by atoms with Crippen LogP contribution in [0.4, 0.5) is 0 Å². The molecule has 29 heavy (non-hydrogen) atoms. The zero-order valence-corrected chi connectivity index (χ0v) is 17.1. The fraction of sp³-hybridized carbons (Fsp3) is 0.478. The van der Waals surface area contributed by atoms with Crippen LogP contribution in [0.3, 0.4) is 0 Å². The van der Waals surface area contributed by atoms with E-state index in [1.807, 2.05) is 29.9 Å². The summed E-state index contributed by atoms with van der Waals surface area (Å²) in [4.78, 5) is 11.9. The van der Waals surface area contributed by atoms with Crippen molar-refractivity contribution in [1.29, 1.82) is 0 Å². The zero-order valence-electron chi connectivity index (χ0n) is 17.1. The van der Waals surface area contributed by atoms with E-state index in [0.717, 1.165) is 60.6 Å². The Balaban J connectivity index is 1.41. The molecular weight excluding hydrogens is 364 g/mol. The number of pyridine rings is 1. The predicted octanol–water partition coefficient (Wildman–Crippen LogP) is 3.10. The lowest BCUT2D eigenvalue weighted by Crippen LogP contribution is -2.58. The fourth-order valence-corrected chi connectivity index (χ4v) is 5.43. The number of hydrogen-bond donors (Lipinski definition) is 1. The Morgan fingerprint density at radius 1 is 1.17 bits per heavy atom. The Kier molecular flexibility index (Phi) is 4.56. The van der Waals surface area contributed by atoms with Crippen LogP contribution in [-0.2, 0) is 19.2 Å². The first-order valence-electron chi connectivity index (χ1n) is 10.4. The minimum Gasteiger partial charge on any atom is -0.494 e. The van der Waals surface area contributed by atoms with Crippen molar-refractivity contribution in [3.05, 3.63) is 54.2 Å². The Morgan fingerprint density at radius 3 is 2.66 bits per heavy atom. The van der Waals surface area contributed by atoms with Crippen LogP contribution in [0.2, 0.25) is 0 Å². The molecule has 152 valence electrons. The molecule has 2 bridgehead atoms. The van der Waals surface area contributed by atoms with Crippen molar-refractivity contribution >= 4 is 10.9 Å². The van der Waals surface area contributed by atoms with Crippen molar-refractivity contribution in [2.24, 2.45) is 18.9 Å². The number of rotatable bonds is 4. The largest absolute Gasteiger partial charge is 0.494 e. The number of fused-ring (bicyclic) bond motifs is 3. The summed E-state index contributed by atoms with van der Waals surface area (Å²) in [5, 5.41) is 12.8. The van der Waals surface area contributed by atoms with Crippen LogP contribution in [0, 0.1) is 11.8 Å². The highest BCUT2D eigenvalue weighted by atomic mass is 16.5. The van der Waals surface area contributed by atoms with Gasteiger partial charge in [-0.1, -0.05) is 24.6 Å². The molecule has 1 aliphatic heterocycles. The van der Waals surface area contributed by atoms with Gasteiger partial charge in [-0.2, -0.15) is 0 Å². The average Bonchev–Trinajstić information content (AvgIpc) is 3.15. The van der Waals surface area contributed by atoms with E-state index in [9.17, 15) is 5.11 Å². The lowest BCUT2D eigenvalue weighted by molar-refractivity contribution is -0.155. The van der Waals surface area contributed by atoms with Crippen LogP contribution in [0.1, 0.15) is 30.8 Å². The molecule has 0 amide bonds. The lowest BCUT2D eigenvalue weighted by Gasteiger charge is -2.52. The number of aryl methyl sites for hydroxylation is 1. The van der Waals surface area contributed by atoms with Gasteiger partial charge >= 0.3 is 0 Å². The summed E-state index contributed by atoms with van der Waals surface area (Å²) in [6.45, 7) is 2.52. The molecule has 0 radical (unpaired) electrons. The molecule has 3 aromatic rings. The molecule has 1 aromatic carbocycles. The van der Waals surface area contributed by atoms with Crippen molar-refractivity contribution < 1.29 is 9.84 Å². The van der Waals surface area contributed by atoms with E-state index in [1.165, 1.54) is 6.42 Å². The lowest BCUT2D eigenvalue weighted by atomic mass is 9.65. The number of para-hydroxylation sites is 1. The molecular formula is C23H28N4O2. The maximum atomic E-state index is 11.7. The summed E-state index contributed by atoms with van der Waals surface area (Å²) in [5.74, 6) is 2.03. The number of piperidine rings is 1. The van der Waals surface area contributed by atoms with Gasteiger partial charge in [0.1, 0.15) is 22.7 Å². The van der Waals surface area contributed by atoms with Gasteiger partial charge in [0.05, 0.1) is 12.8 Å². The van der Waals surface area contributed by atoms with Crippen molar-refractivity contribution in [3.8, 4) is 5.75 Å². The van der Waals surface area contributed by atoms with E-state index in [2.05, 4.69) is 28.1 Å². The second-order valence-corrected chi connectivity index (χ2v) is 8.54. The summed E-state index contributed by atoms with van der Waals surface area (Å²) >= 11 is 0. The monoisotopic (exact) mass is 392 g/mol. The van der Waals surface area contributed by atoms with Gasteiger partial charge in [0.2, 0.25) is 0 Å². The summed E-state index contributed by atoms with van der Waals surface area (Å²) in [6.07, 6.45) is 6.98. The highest BCUT2D eigenvalue weighted by Crippen LogP contribution is 2.48. The Bertz CT molecular complexity index is 1020. The van der Waals surface area contributed by atoms with Gasteiger partial charge in [-0.05, 0) is 25.0 Å². The minimum absolute atomic E-state index is 0.200. The van der Waals surface area contributed by atoms with Gasteiger partial charge in [-0.15, -0.1) is 0 Å². The average molecular weight is 393 g/mol. The maximum Gasteiger partial charge on any atom is 0.145 e. The number of nitrogens with zero attached hydrogens (tertiary/aromatic N) is 4. The zero-order chi connectivity index (χ0) is 20.0. The molecule has 2 aromatic heterocycles. The third-order valence-corrected chi connectivity index (χ3v) is 6.83. The summed E-state index contributed by atoms with van der Waals surface area (Å²) in [7, 11) is 3.67. The van der Waals surface area contributed by atoms with Gasteiger partial charge in [-0.25, -0.2) is 9.97 Å². The quantitative estimate of drug-likeness (QED) is 0.739. The standard InChI is InChI=1S/C23H28N4O2/c1-26-12-11-24-22(26)23(28)17-6-4-7-18(23)14-27(13-17)15-19-10-9-16-5-3-8-20(29-2)21(16)25-19/h3,5,8-12,17-18,28H,4,6-7,13-15H2,1-2H3/t17-,18-/m1/s1. The van der Waals surface area contributed by atoms with Crippen LogP contribution in [0.5, 0.6) is 5.75 Å². The van der Waals surface area contributed by atoms with E-state index in [-0.39, 0.29) is 11.8 Å². The molecule has 5 rings (SSSR count). The minimum atomic E-state index is -0.826. The third-order valence-electron chi connectivity index (χ3n) is 6.83. The fourth-order valence-electron chi connectivity index (χ4n) is 5.43. The van der Waals surface area contributed by atoms with Crippen LogP contribution in [0.15, 0.2) is 42.7 Å². The summed E-state index contributed by atoms with van der Waals surface area (Å²) in [6, 6.07) is 10.2. The first-order valence-corrected chi connectivity index (χ1v) is 10.4. The van der Waals surface area contributed by atoms with E-state index < -0.39 is 5.60 Å². The highest BCUT2D eigenvalue weighted by molar-refractivity contribution is 5.84. The second kappa shape index (κ2) is 7.11. The normalized spacial score (nSPS) is 27.3. The van der Waals surface area contributed by atoms with Crippen molar-refractivity contribution in [3.63, 3.8) is 0 Å².